The third-order valence-electron chi connectivity index (χ3n) is 3.84. The van der Waals surface area contributed by atoms with E-state index < -0.39 is 23.8 Å². The Morgan fingerprint density at radius 3 is 2.57 bits per heavy atom. The molecular formula is C21H14ClF3O3. The number of carbonyl (C=O) groups is 1. The van der Waals surface area contributed by atoms with E-state index in [1.807, 2.05) is 6.07 Å². The summed E-state index contributed by atoms with van der Waals surface area (Å²) in [5.74, 6) is 4.49. The summed E-state index contributed by atoms with van der Waals surface area (Å²) in [6.45, 7) is 1.45. The first kappa shape index (κ1) is 19.8. The zero-order chi connectivity index (χ0) is 20.3. The Morgan fingerprint density at radius 1 is 1.21 bits per heavy atom. The Labute approximate surface area is 164 Å². The number of fused-ring (bicyclic) bond motifs is 1. The maximum atomic E-state index is 13.5. The molecule has 1 heterocycles. The van der Waals surface area contributed by atoms with Crippen LogP contribution in [0.25, 0.3) is 6.08 Å². The summed E-state index contributed by atoms with van der Waals surface area (Å²) in [4.78, 5) is 12.0. The molecule has 2 aromatic carbocycles. The van der Waals surface area contributed by atoms with Crippen molar-refractivity contribution < 1.29 is 27.4 Å². The lowest BCUT2D eigenvalue weighted by atomic mass is 9.98. The number of hydrogen-bond acceptors (Lipinski definition) is 3. The van der Waals surface area contributed by atoms with E-state index in [9.17, 15) is 18.0 Å². The zero-order valence-corrected chi connectivity index (χ0v) is 15.4. The second kappa shape index (κ2) is 7.99. The van der Waals surface area contributed by atoms with Gasteiger partial charge in [-0.2, -0.15) is 13.2 Å². The van der Waals surface area contributed by atoms with Crippen molar-refractivity contribution in [1.82, 2.24) is 0 Å². The molecule has 0 aromatic heterocycles. The van der Waals surface area contributed by atoms with Crippen LogP contribution in [0, 0.1) is 11.8 Å². The standard InChI is InChI=1S/C21H14ClF3O3/c1-2-27-20(26)17-12-15-11-16(22)10-14(9-8-13-6-4-3-5-7-13)18(15)28-19(17)21(23,24)25/h3-7,10-12,19H,2H2,1H3. The second-order valence-electron chi connectivity index (χ2n) is 5.85. The zero-order valence-electron chi connectivity index (χ0n) is 14.6. The highest BCUT2D eigenvalue weighted by Crippen LogP contribution is 2.40. The van der Waals surface area contributed by atoms with Gasteiger partial charge in [-0.05, 0) is 37.3 Å². The molecule has 1 unspecified atom stereocenters. The fourth-order valence-electron chi connectivity index (χ4n) is 2.66. The van der Waals surface area contributed by atoms with Gasteiger partial charge in [-0.3, -0.25) is 0 Å². The topological polar surface area (TPSA) is 35.5 Å². The van der Waals surface area contributed by atoms with Crippen LogP contribution in [-0.2, 0) is 9.53 Å². The maximum Gasteiger partial charge on any atom is 0.430 e. The first-order valence-electron chi connectivity index (χ1n) is 8.32. The number of hydrogen-bond donors (Lipinski definition) is 0. The summed E-state index contributed by atoms with van der Waals surface area (Å²) in [5.41, 5.74) is 0.474. The summed E-state index contributed by atoms with van der Waals surface area (Å²) < 4.78 is 50.5. The van der Waals surface area contributed by atoms with Crippen molar-refractivity contribution in [2.24, 2.45) is 0 Å². The third kappa shape index (κ3) is 4.32. The van der Waals surface area contributed by atoms with Crippen LogP contribution in [0.1, 0.15) is 23.6 Å². The fraction of sp³-hybridized carbons (Fsp3) is 0.190. The number of rotatable bonds is 2. The van der Waals surface area contributed by atoms with E-state index in [-0.39, 0.29) is 28.5 Å². The molecule has 0 N–H and O–H groups in total. The van der Waals surface area contributed by atoms with Gasteiger partial charge in [0, 0.05) is 16.1 Å². The summed E-state index contributed by atoms with van der Waals surface area (Å²) >= 11 is 6.09. The normalized spacial score (nSPS) is 15.5. The van der Waals surface area contributed by atoms with E-state index in [2.05, 4.69) is 11.8 Å². The number of carbonyl (C=O) groups excluding carboxylic acids is 1. The number of alkyl halides is 3. The lowest BCUT2D eigenvalue weighted by Gasteiger charge is -2.28. The molecule has 2 aromatic rings. The van der Waals surface area contributed by atoms with Gasteiger partial charge in [0.2, 0.25) is 6.10 Å². The number of benzene rings is 2. The average Bonchev–Trinajstić information content (AvgIpc) is 2.65. The number of ether oxygens (including phenoxy) is 2. The monoisotopic (exact) mass is 406 g/mol. The molecule has 1 atom stereocenters. The molecule has 0 aliphatic carbocycles. The molecule has 0 radical (unpaired) electrons. The van der Waals surface area contributed by atoms with Crippen molar-refractivity contribution in [3.8, 4) is 17.6 Å². The lowest BCUT2D eigenvalue weighted by Crippen LogP contribution is -2.41. The molecule has 1 aliphatic rings. The molecule has 3 nitrogen and oxygen atoms in total. The average molecular weight is 407 g/mol. The molecule has 0 bridgehead atoms. The summed E-state index contributed by atoms with van der Waals surface area (Å²) in [6, 6.07) is 11.8. The molecule has 0 saturated carbocycles. The van der Waals surface area contributed by atoms with Crippen molar-refractivity contribution in [2.75, 3.05) is 6.61 Å². The van der Waals surface area contributed by atoms with Crippen LogP contribution >= 0.6 is 11.6 Å². The maximum absolute atomic E-state index is 13.5. The van der Waals surface area contributed by atoms with Gasteiger partial charge >= 0.3 is 12.1 Å². The summed E-state index contributed by atoms with van der Waals surface area (Å²) in [7, 11) is 0. The molecule has 0 spiro atoms. The Kier molecular flexibility index (Phi) is 5.66. The molecular weight excluding hydrogens is 393 g/mol. The summed E-state index contributed by atoms with van der Waals surface area (Å²) in [6.07, 6.45) is -6.16. The van der Waals surface area contributed by atoms with Gasteiger partial charge in [0.1, 0.15) is 5.75 Å². The predicted molar refractivity (Wildman–Crippen MR) is 99.0 cm³/mol. The quantitative estimate of drug-likeness (QED) is 0.519. The first-order chi connectivity index (χ1) is 13.3. The van der Waals surface area contributed by atoms with Crippen LogP contribution < -0.4 is 4.74 Å². The highest BCUT2D eigenvalue weighted by atomic mass is 35.5. The lowest BCUT2D eigenvalue weighted by molar-refractivity contribution is -0.187. The van der Waals surface area contributed by atoms with Crippen LogP contribution in [0.2, 0.25) is 5.02 Å². The largest absolute Gasteiger partial charge is 0.474 e. The number of halogens is 4. The second-order valence-corrected chi connectivity index (χ2v) is 6.28. The molecule has 28 heavy (non-hydrogen) atoms. The predicted octanol–water partition coefficient (Wildman–Crippen LogP) is 5.01. The molecule has 0 amide bonds. The van der Waals surface area contributed by atoms with Crippen molar-refractivity contribution in [3.05, 3.63) is 69.8 Å². The van der Waals surface area contributed by atoms with E-state index in [1.54, 1.807) is 24.3 Å². The van der Waals surface area contributed by atoms with Crippen molar-refractivity contribution in [1.29, 1.82) is 0 Å². The molecule has 1 aliphatic heterocycles. The Hall–Kier alpha value is -2.91. The van der Waals surface area contributed by atoms with Gasteiger partial charge in [-0.1, -0.05) is 41.6 Å². The SMILES string of the molecule is CCOC(=O)C1=Cc2cc(Cl)cc(C#Cc3ccccc3)c2OC1C(F)(F)F. The fourth-order valence-corrected chi connectivity index (χ4v) is 2.88. The van der Waals surface area contributed by atoms with Crippen LogP contribution in [0.15, 0.2) is 48.0 Å². The van der Waals surface area contributed by atoms with E-state index in [0.29, 0.717) is 5.56 Å². The minimum atomic E-state index is -4.81. The van der Waals surface area contributed by atoms with E-state index in [4.69, 9.17) is 21.1 Å². The molecule has 0 saturated heterocycles. The van der Waals surface area contributed by atoms with E-state index in [0.717, 1.165) is 6.08 Å². The van der Waals surface area contributed by atoms with E-state index in [1.165, 1.54) is 19.1 Å². The Balaban J connectivity index is 2.11. The van der Waals surface area contributed by atoms with Gasteiger partial charge in [0.25, 0.3) is 0 Å². The third-order valence-corrected chi connectivity index (χ3v) is 4.05. The number of esters is 1. The Bertz CT molecular complexity index is 986. The Morgan fingerprint density at radius 2 is 1.93 bits per heavy atom. The first-order valence-corrected chi connectivity index (χ1v) is 8.70. The molecule has 0 fully saturated rings. The minimum Gasteiger partial charge on any atom is -0.474 e. The smallest absolute Gasteiger partial charge is 0.430 e. The van der Waals surface area contributed by atoms with Gasteiger partial charge in [-0.25, -0.2) is 4.79 Å². The van der Waals surface area contributed by atoms with Crippen LogP contribution in [0.5, 0.6) is 5.75 Å². The van der Waals surface area contributed by atoms with Crippen molar-refractivity contribution in [3.63, 3.8) is 0 Å². The highest BCUT2D eigenvalue weighted by molar-refractivity contribution is 6.31. The van der Waals surface area contributed by atoms with Crippen LogP contribution in [-0.4, -0.2) is 24.9 Å². The van der Waals surface area contributed by atoms with Crippen LogP contribution in [0.3, 0.4) is 0 Å². The summed E-state index contributed by atoms with van der Waals surface area (Å²) in [5, 5.41) is 0.254. The van der Waals surface area contributed by atoms with E-state index >= 15 is 0 Å². The van der Waals surface area contributed by atoms with Gasteiger partial charge in [0.15, 0.2) is 0 Å². The van der Waals surface area contributed by atoms with Crippen LogP contribution in [0.4, 0.5) is 13.2 Å². The van der Waals surface area contributed by atoms with Crippen molar-refractivity contribution >= 4 is 23.6 Å². The van der Waals surface area contributed by atoms with Gasteiger partial charge < -0.3 is 9.47 Å². The van der Waals surface area contributed by atoms with Crippen molar-refractivity contribution in [2.45, 2.75) is 19.2 Å². The van der Waals surface area contributed by atoms with Gasteiger partial charge in [0.05, 0.1) is 17.7 Å². The highest BCUT2D eigenvalue weighted by Gasteiger charge is 2.49. The molecule has 3 rings (SSSR count). The molecule has 144 valence electrons. The molecule has 7 heteroatoms. The minimum absolute atomic E-state index is 0.0586. The van der Waals surface area contributed by atoms with Gasteiger partial charge in [-0.15, -0.1) is 0 Å².